The normalized spacial score (nSPS) is 10.7. The highest BCUT2D eigenvalue weighted by molar-refractivity contribution is 5.84. The van der Waals surface area contributed by atoms with Gasteiger partial charge in [0.2, 0.25) is 0 Å². The standard InChI is InChI=1S/C19H16O2/c1-14(11-15-7-3-2-4-8-15)12-16-13-21-19(20)18-10-6-5-9-17(16)18/h2-10,13H,1,11-12H2. The molecule has 1 aromatic heterocycles. The average Bonchev–Trinajstić information content (AvgIpc) is 2.51. The molecule has 0 unspecified atom stereocenters. The minimum absolute atomic E-state index is 0.289. The number of fused-ring (bicyclic) bond motifs is 1. The molecular formula is C19H16O2. The van der Waals surface area contributed by atoms with Gasteiger partial charge < -0.3 is 4.42 Å². The Morgan fingerprint density at radius 1 is 0.905 bits per heavy atom. The third-order valence-electron chi connectivity index (χ3n) is 3.54. The molecular weight excluding hydrogens is 260 g/mol. The van der Waals surface area contributed by atoms with Gasteiger partial charge in [-0.15, -0.1) is 0 Å². The van der Waals surface area contributed by atoms with Gasteiger partial charge in [-0.2, -0.15) is 0 Å². The van der Waals surface area contributed by atoms with Gasteiger partial charge in [0.05, 0.1) is 11.6 Å². The molecule has 2 heteroatoms. The fourth-order valence-corrected chi connectivity index (χ4v) is 2.55. The van der Waals surface area contributed by atoms with Crippen LogP contribution in [0.2, 0.25) is 0 Å². The van der Waals surface area contributed by atoms with Crippen molar-refractivity contribution in [3.8, 4) is 0 Å². The second-order valence-corrected chi connectivity index (χ2v) is 5.18. The van der Waals surface area contributed by atoms with E-state index >= 15 is 0 Å². The Balaban J connectivity index is 1.87. The molecule has 0 aliphatic rings. The molecule has 0 saturated heterocycles. The zero-order valence-corrected chi connectivity index (χ0v) is 11.7. The minimum atomic E-state index is -0.289. The van der Waals surface area contributed by atoms with E-state index in [9.17, 15) is 4.79 Å². The van der Waals surface area contributed by atoms with E-state index in [1.807, 2.05) is 36.4 Å². The van der Waals surface area contributed by atoms with Crippen LogP contribution in [0.15, 0.2) is 82.2 Å². The number of benzene rings is 2. The Labute approximate surface area is 123 Å². The van der Waals surface area contributed by atoms with Gasteiger partial charge in [-0.3, -0.25) is 0 Å². The highest BCUT2D eigenvalue weighted by Crippen LogP contribution is 2.19. The largest absolute Gasteiger partial charge is 0.431 e. The van der Waals surface area contributed by atoms with Gasteiger partial charge in [-0.25, -0.2) is 4.79 Å². The summed E-state index contributed by atoms with van der Waals surface area (Å²) in [5.41, 5.74) is 3.05. The summed E-state index contributed by atoms with van der Waals surface area (Å²) < 4.78 is 5.13. The van der Waals surface area contributed by atoms with Crippen LogP contribution in [0.1, 0.15) is 11.1 Å². The highest BCUT2D eigenvalue weighted by Gasteiger charge is 2.07. The molecule has 3 rings (SSSR count). The van der Waals surface area contributed by atoms with E-state index in [1.165, 1.54) is 5.56 Å². The molecule has 104 valence electrons. The molecule has 21 heavy (non-hydrogen) atoms. The summed E-state index contributed by atoms with van der Waals surface area (Å²) >= 11 is 0. The van der Waals surface area contributed by atoms with Crippen molar-refractivity contribution in [3.63, 3.8) is 0 Å². The van der Waals surface area contributed by atoms with Crippen molar-refractivity contribution < 1.29 is 4.42 Å². The van der Waals surface area contributed by atoms with Crippen LogP contribution < -0.4 is 5.63 Å². The van der Waals surface area contributed by atoms with Gasteiger partial charge >= 0.3 is 5.63 Å². The van der Waals surface area contributed by atoms with Crippen molar-refractivity contribution in [2.75, 3.05) is 0 Å². The second kappa shape index (κ2) is 5.80. The van der Waals surface area contributed by atoms with Gasteiger partial charge in [0, 0.05) is 0 Å². The average molecular weight is 276 g/mol. The van der Waals surface area contributed by atoms with Crippen LogP contribution >= 0.6 is 0 Å². The lowest BCUT2D eigenvalue weighted by molar-refractivity contribution is 0.514. The molecule has 0 radical (unpaired) electrons. The van der Waals surface area contributed by atoms with Crippen molar-refractivity contribution in [3.05, 3.63) is 94.6 Å². The molecule has 1 heterocycles. The first-order valence-corrected chi connectivity index (χ1v) is 6.94. The van der Waals surface area contributed by atoms with Crippen molar-refractivity contribution in [1.82, 2.24) is 0 Å². The summed E-state index contributed by atoms with van der Waals surface area (Å²) in [6, 6.07) is 17.8. The van der Waals surface area contributed by atoms with E-state index in [-0.39, 0.29) is 5.63 Å². The van der Waals surface area contributed by atoms with Crippen LogP contribution in [0, 0.1) is 0 Å². The van der Waals surface area contributed by atoms with Crippen LogP contribution in [0.5, 0.6) is 0 Å². The Hall–Kier alpha value is -2.61. The fraction of sp³-hybridized carbons (Fsp3) is 0.105. The number of hydrogen-bond donors (Lipinski definition) is 0. The van der Waals surface area contributed by atoms with E-state index in [1.54, 1.807) is 12.3 Å². The molecule has 0 aliphatic heterocycles. The molecule has 0 amide bonds. The van der Waals surface area contributed by atoms with Crippen molar-refractivity contribution >= 4 is 10.8 Å². The van der Waals surface area contributed by atoms with Crippen LogP contribution in [0.4, 0.5) is 0 Å². The van der Waals surface area contributed by atoms with Gasteiger partial charge in [-0.1, -0.05) is 60.7 Å². The lowest BCUT2D eigenvalue weighted by Crippen LogP contribution is -2.02. The Morgan fingerprint density at radius 2 is 1.57 bits per heavy atom. The highest BCUT2D eigenvalue weighted by atomic mass is 16.4. The van der Waals surface area contributed by atoms with Gasteiger partial charge in [0.15, 0.2) is 0 Å². The molecule has 3 aromatic rings. The zero-order chi connectivity index (χ0) is 14.7. The third kappa shape index (κ3) is 2.95. The Morgan fingerprint density at radius 3 is 2.33 bits per heavy atom. The van der Waals surface area contributed by atoms with Crippen molar-refractivity contribution in [1.29, 1.82) is 0 Å². The van der Waals surface area contributed by atoms with E-state index < -0.39 is 0 Å². The molecule has 0 N–H and O–H groups in total. The summed E-state index contributed by atoms with van der Waals surface area (Å²) in [6.45, 7) is 4.15. The van der Waals surface area contributed by atoms with Crippen molar-refractivity contribution in [2.45, 2.75) is 12.8 Å². The lowest BCUT2D eigenvalue weighted by Gasteiger charge is -2.08. The molecule has 0 fully saturated rings. The van der Waals surface area contributed by atoms with Crippen LogP contribution in [0.25, 0.3) is 10.8 Å². The quantitative estimate of drug-likeness (QED) is 0.670. The molecule has 2 nitrogen and oxygen atoms in total. The predicted molar refractivity (Wildman–Crippen MR) is 85.5 cm³/mol. The molecule has 0 atom stereocenters. The first-order chi connectivity index (χ1) is 10.2. The summed E-state index contributed by atoms with van der Waals surface area (Å²) in [5.74, 6) is 0. The molecule has 0 bridgehead atoms. The number of rotatable bonds is 4. The minimum Gasteiger partial charge on any atom is -0.431 e. The van der Waals surface area contributed by atoms with E-state index in [2.05, 4.69) is 18.7 Å². The summed E-state index contributed by atoms with van der Waals surface area (Å²) in [7, 11) is 0. The van der Waals surface area contributed by atoms with E-state index in [0.717, 1.165) is 22.9 Å². The molecule has 0 aliphatic carbocycles. The topological polar surface area (TPSA) is 30.2 Å². The van der Waals surface area contributed by atoms with E-state index in [0.29, 0.717) is 11.8 Å². The number of hydrogen-bond acceptors (Lipinski definition) is 2. The SMILES string of the molecule is C=C(Cc1ccccc1)Cc1coc(=O)c2ccccc12. The maximum absolute atomic E-state index is 11.7. The summed E-state index contributed by atoms with van der Waals surface area (Å²) in [4.78, 5) is 11.7. The van der Waals surface area contributed by atoms with Gasteiger partial charge in [-0.05, 0) is 35.4 Å². The van der Waals surface area contributed by atoms with Crippen LogP contribution in [-0.4, -0.2) is 0 Å². The van der Waals surface area contributed by atoms with Gasteiger partial charge in [0.1, 0.15) is 0 Å². The monoisotopic (exact) mass is 276 g/mol. The van der Waals surface area contributed by atoms with Gasteiger partial charge in [0.25, 0.3) is 0 Å². The van der Waals surface area contributed by atoms with Crippen LogP contribution in [-0.2, 0) is 12.8 Å². The summed E-state index contributed by atoms with van der Waals surface area (Å²) in [5, 5.41) is 1.57. The lowest BCUT2D eigenvalue weighted by atomic mass is 9.98. The first kappa shape index (κ1) is 13.4. The summed E-state index contributed by atoms with van der Waals surface area (Å²) in [6.07, 6.45) is 3.09. The van der Waals surface area contributed by atoms with Crippen LogP contribution in [0.3, 0.4) is 0 Å². The molecule has 0 saturated carbocycles. The predicted octanol–water partition coefficient (Wildman–Crippen LogP) is 4.13. The van der Waals surface area contributed by atoms with E-state index in [4.69, 9.17) is 4.42 Å². The van der Waals surface area contributed by atoms with Crippen molar-refractivity contribution in [2.24, 2.45) is 0 Å². The second-order valence-electron chi connectivity index (χ2n) is 5.18. The third-order valence-corrected chi connectivity index (χ3v) is 3.54. The maximum atomic E-state index is 11.7. The number of allylic oxidation sites excluding steroid dienone is 1. The molecule has 2 aromatic carbocycles. The first-order valence-electron chi connectivity index (χ1n) is 6.94. The zero-order valence-electron chi connectivity index (χ0n) is 11.7. The smallest absolute Gasteiger partial charge is 0.343 e. The Bertz CT molecular complexity index is 829. The fourth-order valence-electron chi connectivity index (χ4n) is 2.55. The maximum Gasteiger partial charge on any atom is 0.343 e. The Kier molecular flexibility index (Phi) is 3.69. The molecule has 0 spiro atoms.